The zero-order valence-corrected chi connectivity index (χ0v) is 12.2. The van der Waals surface area contributed by atoms with E-state index in [1.54, 1.807) is 11.1 Å². The highest BCUT2D eigenvalue weighted by atomic mass is 32.2. The summed E-state index contributed by atoms with van der Waals surface area (Å²) < 4.78 is 0.547. The first kappa shape index (κ1) is 11.7. The van der Waals surface area contributed by atoms with Crippen molar-refractivity contribution >= 4 is 23.5 Å². The zero-order chi connectivity index (χ0) is 12.0. The van der Waals surface area contributed by atoms with Gasteiger partial charge < -0.3 is 0 Å². The fraction of sp³-hybridized carbons (Fsp3) is 0.600. The molecule has 0 N–H and O–H groups in total. The number of nitrogens with zero attached hydrogens (tertiary/aromatic N) is 1. The number of benzene rings is 1. The van der Waals surface area contributed by atoms with Crippen molar-refractivity contribution in [1.29, 1.82) is 0 Å². The van der Waals surface area contributed by atoms with Crippen LogP contribution in [0, 0.1) is 0 Å². The summed E-state index contributed by atoms with van der Waals surface area (Å²) in [6, 6.07) is 9.82. The molecule has 1 aromatic carbocycles. The van der Waals surface area contributed by atoms with Gasteiger partial charge in [0.15, 0.2) is 0 Å². The van der Waals surface area contributed by atoms with Crippen LogP contribution in [-0.4, -0.2) is 33.6 Å². The molecule has 0 saturated carbocycles. The molecule has 2 fully saturated rings. The van der Waals surface area contributed by atoms with Crippen LogP contribution < -0.4 is 0 Å². The highest BCUT2D eigenvalue weighted by Gasteiger charge is 2.44. The molecule has 4 rings (SSSR count). The molecule has 1 atom stereocenters. The third-order valence-corrected chi connectivity index (χ3v) is 8.20. The minimum Gasteiger partial charge on any atom is -0.296 e. The lowest BCUT2D eigenvalue weighted by molar-refractivity contribution is 0.136. The van der Waals surface area contributed by atoms with Crippen molar-refractivity contribution in [2.45, 2.75) is 29.4 Å². The molecule has 1 aromatic rings. The van der Waals surface area contributed by atoms with Gasteiger partial charge >= 0.3 is 0 Å². The van der Waals surface area contributed by atoms with Gasteiger partial charge in [0.25, 0.3) is 0 Å². The zero-order valence-electron chi connectivity index (χ0n) is 10.6. The Morgan fingerprint density at radius 1 is 1.11 bits per heavy atom. The van der Waals surface area contributed by atoms with Gasteiger partial charge in [-0.1, -0.05) is 24.3 Å². The molecule has 3 aliphatic heterocycles. The van der Waals surface area contributed by atoms with E-state index in [4.69, 9.17) is 0 Å². The van der Waals surface area contributed by atoms with Crippen LogP contribution in [-0.2, 0) is 6.42 Å². The Hall–Kier alpha value is -0.120. The summed E-state index contributed by atoms with van der Waals surface area (Å²) in [7, 11) is 0. The quantitative estimate of drug-likeness (QED) is 0.714. The molecule has 1 unspecified atom stereocenters. The Labute approximate surface area is 118 Å². The van der Waals surface area contributed by atoms with Gasteiger partial charge in [-0.3, -0.25) is 4.90 Å². The van der Waals surface area contributed by atoms with E-state index in [1.807, 2.05) is 0 Å². The summed E-state index contributed by atoms with van der Waals surface area (Å²) in [5, 5.41) is 0. The van der Waals surface area contributed by atoms with E-state index in [0.717, 1.165) is 0 Å². The van der Waals surface area contributed by atoms with Gasteiger partial charge in [-0.15, -0.1) is 23.5 Å². The van der Waals surface area contributed by atoms with Crippen molar-refractivity contribution in [3.05, 3.63) is 35.4 Å². The van der Waals surface area contributed by atoms with Crippen molar-refractivity contribution in [2.75, 3.05) is 24.6 Å². The first-order chi connectivity index (χ1) is 8.86. The summed E-state index contributed by atoms with van der Waals surface area (Å²) in [6.07, 6.45) is 4.00. The molecule has 1 nitrogen and oxygen atoms in total. The normalized spacial score (nSPS) is 30.1. The average molecular weight is 277 g/mol. The standard InChI is InChI=1S/C15H19NS2/c1-2-4-13-12(3-1)5-7-16-8-6-15(11-14(13)16)17-9-10-18-15/h1-4,14H,5-11H2. The molecule has 0 radical (unpaired) electrons. The molecule has 3 heterocycles. The topological polar surface area (TPSA) is 3.24 Å². The van der Waals surface area contributed by atoms with E-state index >= 15 is 0 Å². The molecule has 96 valence electrons. The second-order valence-electron chi connectivity index (χ2n) is 5.56. The average Bonchev–Trinajstić information content (AvgIpc) is 2.87. The number of hydrogen-bond donors (Lipinski definition) is 0. The van der Waals surface area contributed by atoms with Crippen LogP contribution in [0.15, 0.2) is 24.3 Å². The summed E-state index contributed by atoms with van der Waals surface area (Å²) >= 11 is 4.46. The number of fused-ring (bicyclic) bond motifs is 3. The Kier molecular flexibility index (Phi) is 2.90. The molecular formula is C15H19NS2. The smallest absolute Gasteiger partial charge is 0.0642 e. The molecule has 0 aliphatic carbocycles. The van der Waals surface area contributed by atoms with Crippen LogP contribution in [0.2, 0.25) is 0 Å². The highest BCUT2D eigenvalue weighted by Crippen LogP contribution is 2.55. The Bertz CT molecular complexity index is 454. The third-order valence-electron chi connectivity index (χ3n) is 4.62. The molecule has 1 spiro atoms. The van der Waals surface area contributed by atoms with Gasteiger partial charge in [0, 0.05) is 30.6 Å². The van der Waals surface area contributed by atoms with E-state index in [2.05, 4.69) is 52.7 Å². The molecule has 0 amide bonds. The van der Waals surface area contributed by atoms with E-state index in [9.17, 15) is 0 Å². The van der Waals surface area contributed by atoms with Crippen molar-refractivity contribution in [3.63, 3.8) is 0 Å². The van der Waals surface area contributed by atoms with Crippen molar-refractivity contribution in [3.8, 4) is 0 Å². The van der Waals surface area contributed by atoms with Crippen LogP contribution in [0.3, 0.4) is 0 Å². The maximum atomic E-state index is 2.73. The van der Waals surface area contributed by atoms with Gasteiger partial charge in [0.05, 0.1) is 4.08 Å². The van der Waals surface area contributed by atoms with Gasteiger partial charge in [0.2, 0.25) is 0 Å². The number of rotatable bonds is 0. The molecular weight excluding hydrogens is 258 g/mol. The molecule has 3 aliphatic rings. The Morgan fingerprint density at radius 2 is 1.94 bits per heavy atom. The lowest BCUT2D eigenvalue weighted by Crippen LogP contribution is -2.45. The molecule has 0 aromatic heterocycles. The van der Waals surface area contributed by atoms with Crippen LogP contribution in [0.5, 0.6) is 0 Å². The van der Waals surface area contributed by atoms with Crippen LogP contribution in [0.25, 0.3) is 0 Å². The fourth-order valence-corrected chi connectivity index (χ4v) is 6.95. The second-order valence-corrected chi connectivity index (χ2v) is 8.78. The third kappa shape index (κ3) is 1.83. The molecule has 18 heavy (non-hydrogen) atoms. The largest absolute Gasteiger partial charge is 0.296 e. The van der Waals surface area contributed by atoms with Gasteiger partial charge in [0.1, 0.15) is 0 Å². The van der Waals surface area contributed by atoms with Gasteiger partial charge in [-0.05, 0) is 30.4 Å². The predicted molar refractivity (Wildman–Crippen MR) is 81.3 cm³/mol. The van der Waals surface area contributed by atoms with Gasteiger partial charge in [-0.2, -0.15) is 0 Å². The summed E-state index contributed by atoms with van der Waals surface area (Å²) in [5.41, 5.74) is 3.22. The van der Waals surface area contributed by atoms with Gasteiger partial charge in [-0.25, -0.2) is 0 Å². The first-order valence-corrected chi connectivity index (χ1v) is 8.93. The summed E-state index contributed by atoms with van der Waals surface area (Å²) in [5.74, 6) is 2.72. The van der Waals surface area contributed by atoms with Crippen LogP contribution >= 0.6 is 23.5 Å². The lowest BCUT2D eigenvalue weighted by Gasteiger charge is -2.47. The molecule has 2 saturated heterocycles. The first-order valence-electron chi connectivity index (χ1n) is 6.96. The van der Waals surface area contributed by atoms with E-state index < -0.39 is 0 Å². The fourth-order valence-electron chi connectivity index (χ4n) is 3.68. The van der Waals surface area contributed by atoms with E-state index in [1.165, 1.54) is 43.9 Å². The maximum absolute atomic E-state index is 2.73. The predicted octanol–water partition coefficient (Wildman–Crippen LogP) is 3.56. The Balaban J connectivity index is 1.68. The second kappa shape index (κ2) is 4.46. The van der Waals surface area contributed by atoms with E-state index in [0.29, 0.717) is 10.1 Å². The number of piperidine rings is 1. The molecule has 0 bridgehead atoms. The Morgan fingerprint density at radius 3 is 2.83 bits per heavy atom. The number of thioether (sulfide) groups is 2. The summed E-state index contributed by atoms with van der Waals surface area (Å²) in [6.45, 7) is 2.58. The van der Waals surface area contributed by atoms with Crippen molar-refractivity contribution < 1.29 is 0 Å². The van der Waals surface area contributed by atoms with Crippen molar-refractivity contribution in [1.82, 2.24) is 4.90 Å². The van der Waals surface area contributed by atoms with E-state index in [-0.39, 0.29) is 0 Å². The SMILES string of the molecule is c1ccc2c(c1)CCN1CCC3(CC21)SCCS3. The van der Waals surface area contributed by atoms with Crippen molar-refractivity contribution in [2.24, 2.45) is 0 Å². The minimum absolute atomic E-state index is 0.547. The van der Waals surface area contributed by atoms with Crippen LogP contribution in [0.4, 0.5) is 0 Å². The number of hydrogen-bond acceptors (Lipinski definition) is 3. The highest BCUT2D eigenvalue weighted by molar-refractivity contribution is 8.21. The monoisotopic (exact) mass is 277 g/mol. The maximum Gasteiger partial charge on any atom is 0.0642 e. The lowest BCUT2D eigenvalue weighted by atomic mass is 9.86. The minimum atomic E-state index is 0.547. The molecule has 3 heteroatoms. The van der Waals surface area contributed by atoms with Crippen LogP contribution in [0.1, 0.15) is 30.0 Å². The summed E-state index contributed by atoms with van der Waals surface area (Å²) in [4.78, 5) is 2.73.